The van der Waals surface area contributed by atoms with Crippen molar-refractivity contribution in [2.24, 2.45) is 0 Å². The lowest BCUT2D eigenvalue weighted by molar-refractivity contribution is 0.147. The van der Waals surface area contributed by atoms with Crippen LogP contribution in [0.3, 0.4) is 0 Å². The maximum atomic E-state index is 10.2. The zero-order chi connectivity index (χ0) is 27.6. The topological polar surface area (TPSA) is 20.2 Å². The van der Waals surface area contributed by atoms with Crippen LogP contribution in [0.5, 0.6) is 0 Å². The zero-order valence-electron chi connectivity index (χ0n) is 25.5. The molecule has 0 aromatic heterocycles. The van der Waals surface area contributed by atoms with Crippen molar-refractivity contribution >= 4 is 0 Å². The SMILES string of the molecule is CCC=CCC=CCC=CCCCCCCCCC(O)CCCCCCCCC=CCC=CCC=CCC. The molecule has 0 amide bonds. The van der Waals surface area contributed by atoms with Gasteiger partial charge in [0.05, 0.1) is 6.10 Å². The molecule has 0 fully saturated rings. The number of unbranched alkanes of at least 4 members (excludes halogenated alkanes) is 12. The highest BCUT2D eigenvalue weighted by Crippen LogP contribution is 2.15. The molecule has 0 heterocycles. The van der Waals surface area contributed by atoms with Crippen LogP contribution in [0.15, 0.2) is 72.9 Å². The lowest BCUT2D eigenvalue weighted by Gasteiger charge is -2.10. The molecule has 0 saturated heterocycles. The molecule has 0 aromatic carbocycles. The quantitative estimate of drug-likeness (QED) is 0.0797. The van der Waals surface area contributed by atoms with Crippen molar-refractivity contribution in [2.75, 3.05) is 0 Å². The molecular formula is C37H64O. The van der Waals surface area contributed by atoms with E-state index in [9.17, 15) is 5.11 Å². The molecule has 0 aromatic rings. The van der Waals surface area contributed by atoms with Crippen LogP contribution in [0.2, 0.25) is 0 Å². The van der Waals surface area contributed by atoms with Gasteiger partial charge in [-0.05, 0) is 77.0 Å². The third-order valence-corrected chi connectivity index (χ3v) is 6.88. The second kappa shape index (κ2) is 33.4. The highest BCUT2D eigenvalue weighted by molar-refractivity contribution is 4.97. The number of aliphatic hydroxyl groups excluding tert-OH is 1. The molecule has 0 rings (SSSR count). The van der Waals surface area contributed by atoms with E-state index in [0.29, 0.717) is 0 Å². The number of hydrogen-bond acceptors (Lipinski definition) is 1. The number of allylic oxidation sites excluding steroid dienone is 12. The lowest BCUT2D eigenvalue weighted by atomic mass is 10.0. The van der Waals surface area contributed by atoms with Crippen LogP contribution < -0.4 is 0 Å². The minimum Gasteiger partial charge on any atom is -0.393 e. The summed E-state index contributed by atoms with van der Waals surface area (Å²) in [5, 5.41) is 10.2. The van der Waals surface area contributed by atoms with E-state index in [4.69, 9.17) is 0 Å². The van der Waals surface area contributed by atoms with E-state index < -0.39 is 0 Å². The van der Waals surface area contributed by atoms with Crippen LogP contribution in [-0.4, -0.2) is 11.2 Å². The summed E-state index contributed by atoms with van der Waals surface area (Å²) in [5.74, 6) is 0. The van der Waals surface area contributed by atoms with Gasteiger partial charge in [-0.15, -0.1) is 0 Å². The average molecular weight is 525 g/mol. The van der Waals surface area contributed by atoms with Crippen molar-refractivity contribution in [3.05, 3.63) is 72.9 Å². The fourth-order valence-corrected chi connectivity index (χ4v) is 4.50. The van der Waals surface area contributed by atoms with Crippen LogP contribution in [0.4, 0.5) is 0 Å². The summed E-state index contributed by atoms with van der Waals surface area (Å²) in [6.45, 7) is 4.35. The van der Waals surface area contributed by atoms with Crippen molar-refractivity contribution < 1.29 is 5.11 Å². The third kappa shape index (κ3) is 32.4. The maximum absolute atomic E-state index is 10.2. The Morgan fingerprint density at radius 2 is 0.658 bits per heavy atom. The van der Waals surface area contributed by atoms with Gasteiger partial charge in [0, 0.05) is 0 Å². The standard InChI is InChI=1S/C37H64O/c1-3-5-7-9-11-13-15-17-19-21-23-25-27-29-31-33-35-37(38)36-34-32-30-28-26-24-22-20-18-16-14-12-10-8-6-4-2/h5-8,11-14,17-20,37-38H,3-4,9-10,15-16,21-36H2,1-2H3. The summed E-state index contributed by atoms with van der Waals surface area (Å²) in [4.78, 5) is 0. The third-order valence-electron chi connectivity index (χ3n) is 6.88. The molecule has 1 nitrogen and oxygen atoms in total. The number of aliphatic hydroxyl groups is 1. The van der Waals surface area contributed by atoms with E-state index in [2.05, 4.69) is 86.8 Å². The van der Waals surface area contributed by atoms with E-state index >= 15 is 0 Å². The van der Waals surface area contributed by atoms with Gasteiger partial charge in [0.25, 0.3) is 0 Å². The monoisotopic (exact) mass is 524 g/mol. The second-order valence-corrected chi connectivity index (χ2v) is 10.6. The molecule has 0 aliphatic carbocycles. The maximum Gasteiger partial charge on any atom is 0.0540 e. The molecular weight excluding hydrogens is 460 g/mol. The van der Waals surface area contributed by atoms with Gasteiger partial charge in [-0.2, -0.15) is 0 Å². The van der Waals surface area contributed by atoms with Crippen LogP contribution >= 0.6 is 0 Å². The summed E-state index contributed by atoms with van der Waals surface area (Å²) in [6.07, 6.45) is 53.7. The van der Waals surface area contributed by atoms with Gasteiger partial charge < -0.3 is 5.11 Å². The van der Waals surface area contributed by atoms with E-state index in [1.165, 1.54) is 89.9 Å². The van der Waals surface area contributed by atoms with Crippen LogP contribution in [0.1, 0.15) is 155 Å². The van der Waals surface area contributed by atoms with E-state index in [1.807, 2.05) is 0 Å². The normalized spacial score (nSPS) is 13.7. The Morgan fingerprint density at radius 1 is 0.368 bits per heavy atom. The zero-order valence-corrected chi connectivity index (χ0v) is 25.5. The molecule has 0 saturated carbocycles. The van der Waals surface area contributed by atoms with Gasteiger partial charge in [0.15, 0.2) is 0 Å². The summed E-state index contributed by atoms with van der Waals surface area (Å²) in [7, 11) is 0. The van der Waals surface area contributed by atoms with Gasteiger partial charge in [-0.25, -0.2) is 0 Å². The Hall–Kier alpha value is -1.60. The van der Waals surface area contributed by atoms with Crippen molar-refractivity contribution in [2.45, 2.75) is 161 Å². The molecule has 218 valence electrons. The highest BCUT2D eigenvalue weighted by Gasteiger charge is 2.03. The molecule has 0 aliphatic heterocycles. The Kier molecular flexibility index (Phi) is 32.0. The van der Waals surface area contributed by atoms with Crippen LogP contribution in [0.25, 0.3) is 0 Å². The molecule has 0 aliphatic rings. The Morgan fingerprint density at radius 3 is 1.03 bits per heavy atom. The predicted molar refractivity (Wildman–Crippen MR) is 174 cm³/mol. The molecule has 38 heavy (non-hydrogen) atoms. The van der Waals surface area contributed by atoms with Gasteiger partial charge in [-0.1, -0.05) is 151 Å². The van der Waals surface area contributed by atoms with Crippen LogP contribution in [-0.2, 0) is 0 Å². The Labute approximate surface area is 239 Å². The van der Waals surface area contributed by atoms with E-state index in [0.717, 1.165) is 51.4 Å². The first-order chi connectivity index (χ1) is 18.8. The van der Waals surface area contributed by atoms with E-state index in [-0.39, 0.29) is 6.10 Å². The minimum atomic E-state index is -0.0706. The van der Waals surface area contributed by atoms with Crippen molar-refractivity contribution in [1.29, 1.82) is 0 Å². The Bertz CT molecular complexity index is 565. The smallest absolute Gasteiger partial charge is 0.0540 e. The average Bonchev–Trinajstić information content (AvgIpc) is 2.92. The number of hydrogen-bond donors (Lipinski definition) is 1. The van der Waals surface area contributed by atoms with E-state index in [1.54, 1.807) is 0 Å². The lowest BCUT2D eigenvalue weighted by Crippen LogP contribution is -2.05. The first kappa shape index (κ1) is 36.4. The summed E-state index contributed by atoms with van der Waals surface area (Å²) in [5.41, 5.74) is 0. The molecule has 0 atom stereocenters. The van der Waals surface area contributed by atoms with Crippen molar-refractivity contribution in [3.8, 4) is 0 Å². The Balaban J connectivity index is 3.32. The highest BCUT2D eigenvalue weighted by atomic mass is 16.3. The molecule has 0 bridgehead atoms. The fourth-order valence-electron chi connectivity index (χ4n) is 4.50. The first-order valence-corrected chi connectivity index (χ1v) is 16.4. The van der Waals surface area contributed by atoms with Crippen molar-refractivity contribution in [1.82, 2.24) is 0 Å². The number of rotatable bonds is 28. The predicted octanol–water partition coefficient (Wildman–Crippen LogP) is 12.3. The summed E-state index contributed by atoms with van der Waals surface area (Å²) >= 11 is 0. The van der Waals surface area contributed by atoms with Crippen molar-refractivity contribution in [3.63, 3.8) is 0 Å². The van der Waals surface area contributed by atoms with Gasteiger partial charge in [-0.3, -0.25) is 0 Å². The summed E-state index contributed by atoms with van der Waals surface area (Å²) in [6, 6.07) is 0. The van der Waals surface area contributed by atoms with Gasteiger partial charge in [0.1, 0.15) is 0 Å². The van der Waals surface area contributed by atoms with Gasteiger partial charge in [0.2, 0.25) is 0 Å². The first-order valence-electron chi connectivity index (χ1n) is 16.4. The van der Waals surface area contributed by atoms with Crippen LogP contribution in [0, 0.1) is 0 Å². The van der Waals surface area contributed by atoms with Gasteiger partial charge >= 0.3 is 0 Å². The molecule has 1 heteroatoms. The minimum absolute atomic E-state index is 0.0706. The second-order valence-electron chi connectivity index (χ2n) is 10.6. The summed E-state index contributed by atoms with van der Waals surface area (Å²) < 4.78 is 0. The fraction of sp³-hybridized carbons (Fsp3) is 0.676. The molecule has 0 unspecified atom stereocenters. The molecule has 1 N–H and O–H groups in total. The largest absolute Gasteiger partial charge is 0.393 e. The molecule has 0 spiro atoms. The molecule has 0 radical (unpaired) electrons.